The fourth-order valence-electron chi connectivity index (χ4n) is 3.47. The number of halogens is 2. The molecule has 0 amide bonds. The van der Waals surface area contributed by atoms with E-state index in [-0.39, 0.29) is 12.7 Å². The van der Waals surface area contributed by atoms with Gasteiger partial charge in [0.1, 0.15) is 17.0 Å². The van der Waals surface area contributed by atoms with Crippen LogP contribution in [-0.4, -0.2) is 65.8 Å². The molecule has 9 heteroatoms. The Kier molecular flexibility index (Phi) is 5.36. The van der Waals surface area contributed by atoms with E-state index in [9.17, 15) is 4.39 Å². The van der Waals surface area contributed by atoms with Gasteiger partial charge in [-0.15, -0.1) is 0 Å². The van der Waals surface area contributed by atoms with Crippen LogP contribution in [0.5, 0.6) is 5.75 Å². The number of benzene rings is 1. The Bertz CT molecular complexity index is 980. The third kappa shape index (κ3) is 3.64. The van der Waals surface area contributed by atoms with E-state index in [1.165, 1.54) is 0 Å². The van der Waals surface area contributed by atoms with Gasteiger partial charge in [-0.25, -0.2) is 14.4 Å². The number of hydrogen-bond acceptors (Lipinski definition) is 6. The zero-order valence-electron chi connectivity index (χ0n) is 15.8. The predicted molar refractivity (Wildman–Crippen MR) is 112 cm³/mol. The van der Waals surface area contributed by atoms with E-state index in [0.29, 0.717) is 17.0 Å². The number of ether oxygens (including phenoxy) is 1. The van der Waals surface area contributed by atoms with Gasteiger partial charge >= 0.3 is 0 Å². The SMILES string of the molecule is COc1cc(Nc2nc(Br)cn3ccnc23)ccc1N1CCN(C)C(CF)C1. The molecule has 1 unspecified atom stereocenters. The van der Waals surface area contributed by atoms with Gasteiger partial charge in [-0.3, -0.25) is 4.90 Å². The molecule has 3 aromatic rings. The van der Waals surface area contributed by atoms with Gasteiger partial charge in [0.05, 0.1) is 18.8 Å². The molecule has 0 aliphatic carbocycles. The van der Waals surface area contributed by atoms with Crippen LogP contribution in [0.15, 0.2) is 41.4 Å². The minimum Gasteiger partial charge on any atom is -0.495 e. The van der Waals surface area contributed by atoms with Crippen molar-refractivity contribution in [3.63, 3.8) is 0 Å². The number of imidazole rings is 1. The van der Waals surface area contributed by atoms with Crippen molar-refractivity contribution < 1.29 is 9.13 Å². The Morgan fingerprint density at radius 1 is 1.36 bits per heavy atom. The van der Waals surface area contributed by atoms with Crippen molar-refractivity contribution in [2.45, 2.75) is 6.04 Å². The number of alkyl halides is 1. The van der Waals surface area contributed by atoms with E-state index < -0.39 is 0 Å². The fraction of sp³-hybridized carbons (Fsp3) is 0.368. The second-order valence-corrected chi connectivity index (χ2v) is 7.63. The van der Waals surface area contributed by atoms with Crippen LogP contribution in [0, 0.1) is 0 Å². The van der Waals surface area contributed by atoms with E-state index in [4.69, 9.17) is 4.74 Å². The summed E-state index contributed by atoms with van der Waals surface area (Å²) in [6.45, 7) is 1.93. The number of anilines is 3. The highest BCUT2D eigenvalue weighted by molar-refractivity contribution is 9.10. The number of aromatic nitrogens is 3. The van der Waals surface area contributed by atoms with Crippen LogP contribution in [0.1, 0.15) is 0 Å². The lowest BCUT2D eigenvalue weighted by molar-refractivity contribution is 0.183. The molecule has 0 spiro atoms. The molecule has 148 valence electrons. The molecule has 1 saturated heterocycles. The van der Waals surface area contributed by atoms with E-state index in [0.717, 1.165) is 35.9 Å². The molecule has 3 heterocycles. The van der Waals surface area contributed by atoms with Crippen molar-refractivity contribution in [3.8, 4) is 5.75 Å². The number of methoxy groups -OCH3 is 1. The molecule has 1 aliphatic rings. The van der Waals surface area contributed by atoms with Crippen molar-refractivity contribution >= 4 is 38.8 Å². The first kappa shape index (κ1) is 18.9. The second-order valence-electron chi connectivity index (χ2n) is 6.82. The molecule has 1 N–H and O–H groups in total. The van der Waals surface area contributed by atoms with Gasteiger partial charge in [0.25, 0.3) is 0 Å². The second kappa shape index (κ2) is 7.92. The monoisotopic (exact) mass is 448 g/mol. The number of hydrogen-bond donors (Lipinski definition) is 1. The summed E-state index contributed by atoms with van der Waals surface area (Å²) in [5.74, 6) is 1.38. The summed E-state index contributed by atoms with van der Waals surface area (Å²) < 4.78 is 21.5. The lowest BCUT2D eigenvalue weighted by atomic mass is 10.1. The van der Waals surface area contributed by atoms with E-state index in [1.54, 1.807) is 13.3 Å². The van der Waals surface area contributed by atoms with Crippen LogP contribution in [0.2, 0.25) is 0 Å². The molecule has 28 heavy (non-hydrogen) atoms. The Morgan fingerprint density at radius 2 is 2.21 bits per heavy atom. The van der Waals surface area contributed by atoms with Crippen molar-refractivity contribution in [1.82, 2.24) is 19.3 Å². The third-order valence-corrected chi connectivity index (χ3v) is 5.47. The lowest BCUT2D eigenvalue weighted by Crippen LogP contribution is -2.52. The number of piperazine rings is 1. The van der Waals surface area contributed by atoms with Gasteiger partial charge in [-0.1, -0.05) is 0 Å². The molecule has 1 aliphatic heterocycles. The zero-order valence-corrected chi connectivity index (χ0v) is 17.4. The average molecular weight is 449 g/mol. The molecule has 1 fully saturated rings. The Balaban J connectivity index is 1.61. The smallest absolute Gasteiger partial charge is 0.180 e. The molecule has 1 aromatic carbocycles. The van der Waals surface area contributed by atoms with Gasteiger partial charge < -0.3 is 19.4 Å². The van der Waals surface area contributed by atoms with E-state index in [1.807, 2.05) is 42.0 Å². The van der Waals surface area contributed by atoms with Crippen LogP contribution in [0.4, 0.5) is 21.6 Å². The van der Waals surface area contributed by atoms with Crippen LogP contribution in [-0.2, 0) is 0 Å². The molecule has 4 rings (SSSR count). The molecule has 0 saturated carbocycles. The third-order valence-electron chi connectivity index (χ3n) is 5.08. The van der Waals surface area contributed by atoms with E-state index >= 15 is 0 Å². The summed E-state index contributed by atoms with van der Waals surface area (Å²) in [7, 11) is 3.61. The highest BCUT2D eigenvalue weighted by Crippen LogP contribution is 2.34. The summed E-state index contributed by atoms with van der Waals surface area (Å²) in [5.41, 5.74) is 2.54. The minimum absolute atomic E-state index is 0.101. The topological polar surface area (TPSA) is 57.9 Å². The first-order valence-corrected chi connectivity index (χ1v) is 9.83. The number of rotatable bonds is 5. The maximum atomic E-state index is 13.3. The zero-order chi connectivity index (χ0) is 19.7. The summed E-state index contributed by atoms with van der Waals surface area (Å²) in [4.78, 5) is 13.1. The molecular formula is C19H22BrFN6O. The average Bonchev–Trinajstić information content (AvgIpc) is 3.17. The Hall–Kier alpha value is -2.39. The molecular weight excluding hydrogens is 427 g/mol. The molecule has 0 bridgehead atoms. The standard InChI is InChI=1S/C19H22BrFN6O/c1-25-7-8-26(11-14(25)10-21)15-4-3-13(9-16(15)28-2)23-18-19-22-5-6-27(19)12-17(20)24-18/h3-6,9,12,14H,7-8,10-11H2,1-2H3,(H,23,24). The maximum Gasteiger partial charge on any atom is 0.180 e. The quantitative estimate of drug-likeness (QED) is 0.645. The summed E-state index contributed by atoms with van der Waals surface area (Å²) in [6.07, 6.45) is 5.45. The van der Waals surface area contributed by atoms with Crippen LogP contribution < -0.4 is 15.0 Å². The number of nitrogens with zero attached hydrogens (tertiary/aromatic N) is 5. The predicted octanol–water partition coefficient (Wildman–Crippen LogP) is 3.33. The Labute approximate surface area is 171 Å². The largest absolute Gasteiger partial charge is 0.495 e. The summed E-state index contributed by atoms with van der Waals surface area (Å²) in [6, 6.07) is 5.81. The van der Waals surface area contributed by atoms with Crippen molar-refractivity contribution in [2.75, 3.05) is 50.7 Å². The number of likely N-dealkylation sites (N-methyl/N-ethyl adjacent to an activating group) is 1. The molecule has 2 aromatic heterocycles. The van der Waals surface area contributed by atoms with Gasteiger partial charge in [-0.05, 0) is 35.1 Å². The van der Waals surface area contributed by atoms with Gasteiger partial charge in [0, 0.05) is 50.0 Å². The van der Waals surface area contributed by atoms with Crippen LogP contribution in [0.3, 0.4) is 0 Å². The molecule has 1 atom stereocenters. The summed E-state index contributed by atoms with van der Waals surface area (Å²) in [5, 5.41) is 3.31. The summed E-state index contributed by atoms with van der Waals surface area (Å²) >= 11 is 3.42. The first-order chi connectivity index (χ1) is 13.6. The Morgan fingerprint density at radius 3 is 3.00 bits per heavy atom. The van der Waals surface area contributed by atoms with Gasteiger partial charge in [0.15, 0.2) is 11.5 Å². The molecule has 0 radical (unpaired) electrons. The fourth-order valence-corrected chi connectivity index (χ4v) is 3.87. The lowest BCUT2D eigenvalue weighted by Gasteiger charge is -2.39. The first-order valence-electron chi connectivity index (χ1n) is 9.04. The van der Waals surface area contributed by atoms with E-state index in [2.05, 4.69) is 41.0 Å². The van der Waals surface area contributed by atoms with Gasteiger partial charge in [-0.2, -0.15) is 0 Å². The van der Waals surface area contributed by atoms with Crippen molar-refractivity contribution in [2.24, 2.45) is 0 Å². The maximum absolute atomic E-state index is 13.3. The normalized spacial score (nSPS) is 17.9. The number of fused-ring (bicyclic) bond motifs is 1. The van der Waals surface area contributed by atoms with Crippen molar-refractivity contribution in [3.05, 3.63) is 41.4 Å². The highest BCUT2D eigenvalue weighted by Gasteiger charge is 2.26. The van der Waals surface area contributed by atoms with Gasteiger partial charge in [0.2, 0.25) is 0 Å². The minimum atomic E-state index is -0.357. The molecule has 7 nitrogen and oxygen atoms in total. The highest BCUT2D eigenvalue weighted by atomic mass is 79.9. The van der Waals surface area contributed by atoms with Crippen LogP contribution >= 0.6 is 15.9 Å². The van der Waals surface area contributed by atoms with Crippen LogP contribution in [0.25, 0.3) is 5.65 Å². The van der Waals surface area contributed by atoms with Crippen molar-refractivity contribution in [1.29, 1.82) is 0 Å². The number of nitrogens with one attached hydrogen (secondary N) is 1.